The van der Waals surface area contributed by atoms with Crippen molar-refractivity contribution >= 4 is 11.8 Å². The third-order valence-electron chi connectivity index (χ3n) is 8.12. The highest BCUT2D eigenvalue weighted by molar-refractivity contribution is 6.15. The molecule has 2 N–H and O–H groups in total. The average molecular weight is 570 g/mol. The molecular formula is C29H34F3N7O2. The molecule has 2 aromatic heterocycles. The molecule has 12 heteroatoms. The molecule has 2 aliphatic heterocycles. The largest absolute Gasteiger partial charge is 0.444 e. The van der Waals surface area contributed by atoms with E-state index in [1.807, 2.05) is 20.8 Å². The molecule has 218 valence electrons. The number of nitrogens with zero attached hydrogens (tertiary/aromatic N) is 6. The van der Waals surface area contributed by atoms with E-state index in [9.17, 15) is 23.2 Å². The van der Waals surface area contributed by atoms with Gasteiger partial charge in [-0.15, -0.1) is 0 Å². The van der Waals surface area contributed by atoms with Gasteiger partial charge in [-0.25, -0.2) is 9.78 Å². The molecule has 0 radical (unpaired) electrons. The number of ether oxygens (including phenoxy) is 1. The zero-order valence-electron chi connectivity index (χ0n) is 23.4. The summed E-state index contributed by atoms with van der Waals surface area (Å²) in [7, 11) is 0. The van der Waals surface area contributed by atoms with E-state index in [4.69, 9.17) is 10.5 Å². The highest BCUT2D eigenvalue weighted by Crippen LogP contribution is 2.56. The number of likely N-dealkylation sites (tertiary alicyclic amines) is 1. The second kappa shape index (κ2) is 10.5. The van der Waals surface area contributed by atoms with Crippen LogP contribution in [0.5, 0.6) is 0 Å². The number of carbonyl (C=O) groups excluding carboxylic acids is 1. The van der Waals surface area contributed by atoms with Crippen LogP contribution < -0.4 is 5.73 Å². The van der Waals surface area contributed by atoms with Gasteiger partial charge in [-0.3, -0.25) is 9.67 Å². The Morgan fingerprint density at radius 1 is 1.27 bits per heavy atom. The molecule has 3 aliphatic rings. The van der Waals surface area contributed by atoms with Gasteiger partial charge >= 0.3 is 12.3 Å². The lowest BCUT2D eigenvalue weighted by atomic mass is 9.56. The predicted molar refractivity (Wildman–Crippen MR) is 144 cm³/mol. The average Bonchev–Trinajstić information content (AvgIpc) is 3.48. The van der Waals surface area contributed by atoms with Gasteiger partial charge in [0.2, 0.25) is 0 Å². The Morgan fingerprint density at radius 2 is 2.02 bits per heavy atom. The van der Waals surface area contributed by atoms with Crippen molar-refractivity contribution in [1.82, 2.24) is 19.7 Å². The van der Waals surface area contributed by atoms with Gasteiger partial charge in [0.25, 0.3) is 0 Å². The molecule has 1 aliphatic carbocycles. The summed E-state index contributed by atoms with van der Waals surface area (Å²) < 4.78 is 46.2. The number of aromatic nitrogens is 3. The lowest BCUT2D eigenvalue weighted by molar-refractivity contribution is -0.141. The summed E-state index contributed by atoms with van der Waals surface area (Å²) in [5.74, 6) is 0.289. The monoisotopic (exact) mass is 569 g/mol. The topological polar surface area (TPSA) is 122 Å². The predicted octanol–water partition coefficient (Wildman–Crippen LogP) is 4.93. The molecule has 0 bridgehead atoms. The summed E-state index contributed by atoms with van der Waals surface area (Å²) in [4.78, 5) is 22.7. The van der Waals surface area contributed by atoms with Crippen molar-refractivity contribution in [1.29, 1.82) is 5.26 Å². The van der Waals surface area contributed by atoms with Crippen molar-refractivity contribution in [3.8, 4) is 6.07 Å². The number of hydrogen-bond acceptors (Lipinski definition) is 7. The Labute approximate surface area is 236 Å². The maximum atomic E-state index is 13.0. The molecule has 41 heavy (non-hydrogen) atoms. The van der Waals surface area contributed by atoms with E-state index in [2.05, 4.69) is 21.1 Å². The summed E-state index contributed by atoms with van der Waals surface area (Å²) in [6, 6.07) is 5.99. The Hall–Kier alpha value is -3.88. The van der Waals surface area contributed by atoms with E-state index in [0.717, 1.165) is 25.3 Å². The van der Waals surface area contributed by atoms with Crippen LogP contribution in [0.4, 0.5) is 18.0 Å². The minimum Gasteiger partial charge on any atom is -0.444 e. The van der Waals surface area contributed by atoms with E-state index in [1.165, 1.54) is 16.8 Å². The summed E-state index contributed by atoms with van der Waals surface area (Å²) >= 11 is 0. The molecule has 2 fully saturated rings. The van der Waals surface area contributed by atoms with Crippen LogP contribution >= 0.6 is 0 Å². The Kier molecular flexibility index (Phi) is 7.34. The van der Waals surface area contributed by atoms with Crippen molar-refractivity contribution in [2.45, 2.75) is 64.8 Å². The van der Waals surface area contributed by atoms with Gasteiger partial charge in [0, 0.05) is 43.0 Å². The van der Waals surface area contributed by atoms with Gasteiger partial charge in [-0.1, -0.05) is 6.07 Å². The van der Waals surface area contributed by atoms with Gasteiger partial charge in [0.15, 0.2) is 0 Å². The maximum Gasteiger partial charge on any atom is 0.433 e. The zero-order valence-corrected chi connectivity index (χ0v) is 23.4. The molecule has 2 aromatic rings. The van der Waals surface area contributed by atoms with Crippen molar-refractivity contribution in [2.24, 2.45) is 28.0 Å². The first-order valence-electron chi connectivity index (χ1n) is 13.8. The molecule has 1 atom stereocenters. The van der Waals surface area contributed by atoms with Crippen molar-refractivity contribution < 1.29 is 22.7 Å². The van der Waals surface area contributed by atoms with Crippen molar-refractivity contribution in [3.63, 3.8) is 0 Å². The number of hydrogen-bond donors (Lipinski definition) is 1. The van der Waals surface area contributed by atoms with Crippen LogP contribution in [0.1, 0.15) is 63.4 Å². The number of halogens is 3. The first-order chi connectivity index (χ1) is 19.3. The molecule has 1 saturated carbocycles. The van der Waals surface area contributed by atoms with E-state index in [0.29, 0.717) is 54.5 Å². The molecule has 1 unspecified atom stereocenters. The third-order valence-corrected chi connectivity index (χ3v) is 8.12. The fourth-order valence-electron chi connectivity index (χ4n) is 6.27. The number of pyridine rings is 1. The van der Waals surface area contributed by atoms with E-state index in [-0.39, 0.29) is 29.7 Å². The highest BCUT2D eigenvalue weighted by atomic mass is 19.4. The second-order valence-corrected chi connectivity index (χ2v) is 12.3. The molecule has 1 saturated heterocycles. The minimum absolute atomic E-state index is 0.00328. The number of nitriles is 1. The van der Waals surface area contributed by atoms with E-state index >= 15 is 0 Å². The number of nitrogens with two attached hydrogens (primary N) is 1. The Balaban J connectivity index is 1.26. The fourth-order valence-corrected chi connectivity index (χ4v) is 6.27. The van der Waals surface area contributed by atoms with Crippen LogP contribution in [-0.4, -0.2) is 56.7 Å². The molecule has 0 aromatic carbocycles. The van der Waals surface area contributed by atoms with Gasteiger partial charge < -0.3 is 15.4 Å². The van der Waals surface area contributed by atoms with Crippen LogP contribution in [-0.2, 0) is 17.5 Å². The molecule has 5 rings (SSSR count). The molecule has 1 spiro atoms. The molecular weight excluding hydrogens is 535 g/mol. The Bertz CT molecular complexity index is 1420. The van der Waals surface area contributed by atoms with Crippen molar-refractivity contribution in [3.05, 3.63) is 58.8 Å². The number of rotatable bonds is 4. The number of alkyl halides is 3. The van der Waals surface area contributed by atoms with Crippen LogP contribution in [0, 0.1) is 28.6 Å². The van der Waals surface area contributed by atoms with Gasteiger partial charge in [-0.2, -0.15) is 23.5 Å². The van der Waals surface area contributed by atoms with Gasteiger partial charge in [0.05, 0.1) is 29.7 Å². The van der Waals surface area contributed by atoms with E-state index in [1.54, 1.807) is 17.3 Å². The van der Waals surface area contributed by atoms with Gasteiger partial charge in [-0.05, 0) is 69.9 Å². The quantitative estimate of drug-likeness (QED) is 0.557. The lowest BCUT2D eigenvalue weighted by Gasteiger charge is -2.48. The first kappa shape index (κ1) is 28.6. The number of amides is 1. The standard InChI is InChI=1S/C29H34F3N7O2/c1-27(2,3)41-26(40)38-10-8-28(17-38)11-18(12-28)21-7-9-35-25(22(13-33)24(21)34)19-14-36-39(15-19)16-20-5-4-6-23(37-20)29(30,31)32/h4-6,14-15,18,21H,7-12,16-17,34H2,1-3H3. The smallest absolute Gasteiger partial charge is 0.433 e. The second-order valence-electron chi connectivity index (χ2n) is 12.3. The summed E-state index contributed by atoms with van der Waals surface area (Å²) in [5, 5.41) is 14.4. The van der Waals surface area contributed by atoms with Gasteiger partial charge in [0.1, 0.15) is 17.4 Å². The summed E-state index contributed by atoms with van der Waals surface area (Å²) in [5.41, 5.74) is 7.26. The number of allylic oxidation sites excluding steroid dienone is 2. The summed E-state index contributed by atoms with van der Waals surface area (Å²) in [6.07, 6.45) is 1.86. The highest BCUT2D eigenvalue weighted by Gasteiger charge is 2.52. The zero-order chi connectivity index (χ0) is 29.6. The lowest BCUT2D eigenvalue weighted by Crippen LogP contribution is -2.45. The van der Waals surface area contributed by atoms with Crippen molar-refractivity contribution in [2.75, 3.05) is 19.6 Å². The summed E-state index contributed by atoms with van der Waals surface area (Å²) in [6.45, 7) is 7.44. The number of aliphatic imine (C=N–C) groups is 1. The third kappa shape index (κ3) is 6.09. The first-order valence-corrected chi connectivity index (χ1v) is 13.8. The molecule has 9 nitrogen and oxygen atoms in total. The minimum atomic E-state index is -4.53. The Morgan fingerprint density at radius 3 is 2.71 bits per heavy atom. The van der Waals surface area contributed by atoms with Crippen LogP contribution in [0.15, 0.2) is 46.9 Å². The SMILES string of the molecule is CC(C)(C)OC(=O)N1CCC2(CC(C3CCN=C(c4cnn(Cc5cccc(C(F)(F)F)n5)c4)C(C#N)=C3N)C2)C1. The van der Waals surface area contributed by atoms with Crippen LogP contribution in [0.2, 0.25) is 0 Å². The van der Waals surface area contributed by atoms with Crippen LogP contribution in [0.25, 0.3) is 0 Å². The van der Waals surface area contributed by atoms with Crippen LogP contribution in [0.3, 0.4) is 0 Å². The molecule has 4 heterocycles. The van der Waals surface area contributed by atoms with E-state index < -0.39 is 17.5 Å². The number of carbonyl (C=O) groups is 1. The normalized spacial score (nSPS) is 25.0. The molecule has 1 amide bonds. The fraction of sp³-hybridized carbons (Fsp3) is 0.552. The maximum absolute atomic E-state index is 13.0.